The molecule has 0 aromatic heterocycles. The first-order valence-electron chi connectivity index (χ1n) is 20.3. The van der Waals surface area contributed by atoms with Gasteiger partial charge in [-0.25, -0.2) is 0 Å². The highest BCUT2D eigenvalue weighted by Crippen LogP contribution is 2.36. The number of hydrogen-bond acceptors (Lipinski definition) is 8. The van der Waals surface area contributed by atoms with Gasteiger partial charge >= 0.3 is 5.97 Å². The molecule has 7 N–H and O–H groups in total. The van der Waals surface area contributed by atoms with Gasteiger partial charge in [-0.15, -0.1) is 0 Å². The fourth-order valence-corrected chi connectivity index (χ4v) is 7.53. The van der Waals surface area contributed by atoms with Gasteiger partial charge in [-0.3, -0.25) is 24.0 Å². The Bertz CT molecular complexity index is 1600. The molecule has 2 aromatic carbocycles. The number of aliphatic hydroxyl groups is 1. The lowest BCUT2D eigenvalue weighted by molar-refractivity contribution is -0.136. The summed E-state index contributed by atoms with van der Waals surface area (Å²) in [6.45, 7) is 8.85. The van der Waals surface area contributed by atoms with Crippen LogP contribution in [0, 0.1) is 17.8 Å². The van der Waals surface area contributed by atoms with Gasteiger partial charge in [-0.05, 0) is 47.8 Å². The Morgan fingerprint density at radius 1 is 0.821 bits per heavy atom. The van der Waals surface area contributed by atoms with Gasteiger partial charge in [-0.2, -0.15) is 0 Å². The third-order valence-electron chi connectivity index (χ3n) is 10.5. The van der Waals surface area contributed by atoms with E-state index in [0.717, 1.165) is 48.8 Å². The van der Waals surface area contributed by atoms with Gasteiger partial charge in [0.2, 0.25) is 23.6 Å². The van der Waals surface area contributed by atoms with Gasteiger partial charge in [0.1, 0.15) is 17.8 Å². The van der Waals surface area contributed by atoms with E-state index in [1.807, 2.05) is 76.2 Å². The van der Waals surface area contributed by atoms with Gasteiger partial charge < -0.3 is 41.5 Å². The molecule has 0 saturated heterocycles. The van der Waals surface area contributed by atoms with Crippen molar-refractivity contribution in [2.45, 2.75) is 129 Å². The van der Waals surface area contributed by atoms with Crippen molar-refractivity contribution < 1.29 is 38.9 Å². The number of rotatable bonds is 22. The number of nitrogens with one attached hydrogen (secondary N) is 5. The summed E-state index contributed by atoms with van der Waals surface area (Å²) in [4.78, 5) is 65.5. The molecular formula is C43H63N5O8. The summed E-state index contributed by atoms with van der Waals surface area (Å²) in [5.74, 6) is -1.54. The highest BCUT2D eigenvalue weighted by atomic mass is 16.5. The maximum Gasteiger partial charge on any atom is 0.317 e. The van der Waals surface area contributed by atoms with E-state index in [2.05, 4.69) is 26.6 Å². The fraction of sp³-hybridized carbons (Fsp3) is 0.605. The first kappa shape index (κ1) is 44.2. The SMILES string of the molecule is CC(C)CNC(=O)C[C@H](O)[C@H](CC1CCCCC1)NC(=O)[C@H](CC(C)C)NC(=O)[C@H](Cc1ccccc1)NC(=O)CC1COc2ccc(CNCC(=O)O)cc21. The van der Waals surface area contributed by atoms with Gasteiger partial charge in [0.25, 0.3) is 0 Å². The standard InChI is InChI=1S/C43H63N5O8/c1-27(2)17-35(42(54)47-34(19-29-11-7-5-8-12-29)37(49)22-39(50)45-23-28(3)4)48-43(55)36(20-30-13-9-6-10-14-30)46-40(51)21-32-26-56-38-16-15-31(18-33(32)38)24-44-25-41(52)53/h6,9-10,13-16,18,27-29,32,34-37,44,49H,5,7-8,11-12,17,19-26H2,1-4H3,(H,45,50)(H,46,51)(H,47,54)(H,48,55)(H,52,53)/t32?,34-,35-,36-,37-/m0/s1. The van der Waals surface area contributed by atoms with Crippen LogP contribution in [0.25, 0.3) is 0 Å². The number of aliphatic hydroxyl groups excluding tert-OH is 1. The monoisotopic (exact) mass is 777 g/mol. The lowest BCUT2D eigenvalue weighted by Crippen LogP contribution is -2.57. The predicted octanol–water partition coefficient (Wildman–Crippen LogP) is 3.96. The predicted molar refractivity (Wildman–Crippen MR) is 214 cm³/mol. The van der Waals surface area contributed by atoms with E-state index >= 15 is 0 Å². The van der Waals surface area contributed by atoms with Crippen molar-refractivity contribution in [3.8, 4) is 5.75 Å². The zero-order chi connectivity index (χ0) is 40.6. The van der Waals surface area contributed by atoms with Crippen LogP contribution in [0.5, 0.6) is 5.75 Å². The molecule has 1 aliphatic carbocycles. The van der Waals surface area contributed by atoms with Gasteiger partial charge in [-0.1, -0.05) is 102 Å². The van der Waals surface area contributed by atoms with E-state index in [1.54, 1.807) is 0 Å². The minimum Gasteiger partial charge on any atom is -0.493 e. The van der Waals surface area contributed by atoms with Crippen LogP contribution in [-0.2, 0) is 36.9 Å². The van der Waals surface area contributed by atoms with Gasteiger partial charge in [0, 0.05) is 37.4 Å². The first-order valence-corrected chi connectivity index (χ1v) is 20.3. The average Bonchev–Trinajstić information content (AvgIpc) is 3.54. The molecule has 4 rings (SSSR count). The highest BCUT2D eigenvalue weighted by Gasteiger charge is 2.34. The van der Waals surface area contributed by atoms with Crippen LogP contribution >= 0.6 is 0 Å². The lowest BCUT2D eigenvalue weighted by Gasteiger charge is -2.32. The van der Waals surface area contributed by atoms with Crippen LogP contribution < -0.4 is 31.3 Å². The normalized spacial score (nSPS) is 17.6. The summed E-state index contributed by atoms with van der Waals surface area (Å²) < 4.78 is 5.85. The second-order valence-corrected chi connectivity index (χ2v) is 16.4. The molecule has 1 saturated carbocycles. The maximum absolute atomic E-state index is 14.1. The van der Waals surface area contributed by atoms with Gasteiger partial charge in [0.15, 0.2) is 0 Å². The summed E-state index contributed by atoms with van der Waals surface area (Å²) in [7, 11) is 0. The molecule has 0 bridgehead atoms. The number of benzene rings is 2. The minimum atomic E-state index is -1.10. The molecule has 0 spiro atoms. The Labute approximate surface area is 331 Å². The van der Waals surface area contributed by atoms with E-state index in [1.165, 1.54) is 0 Å². The fourth-order valence-electron chi connectivity index (χ4n) is 7.53. The van der Waals surface area contributed by atoms with Crippen molar-refractivity contribution in [3.05, 3.63) is 65.2 Å². The number of fused-ring (bicyclic) bond motifs is 1. The summed E-state index contributed by atoms with van der Waals surface area (Å²) >= 11 is 0. The number of aliphatic carboxylic acids is 1. The van der Waals surface area contributed by atoms with Crippen LogP contribution in [0.3, 0.4) is 0 Å². The molecule has 4 amide bonds. The number of carboxylic acids is 1. The van der Waals surface area contributed by atoms with Crippen LogP contribution in [0.15, 0.2) is 48.5 Å². The van der Waals surface area contributed by atoms with Gasteiger partial charge in [0.05, 0.1) is 31.7 Å². The molecule has 1 fully saturated rings. The number of carboxylic acid groups (broad SMARTS) is 1. The summed E-state index contributed by atoms with van der Waals surface area (Å²) in [6, 6.07) is 12.3. The zero-order valence-corrected chi connectivity index (χ0v) is 33.5. The Balaban J connectivity index is 1.47. The smallest absolute Gasteiger partial charge is 0.317 e. The van der Waals surface area contributed by atoms with E-state index in [0.29, 0.717) is 37.6 Å². The van der Waals surface area contributed by atoms with Crippen molar-refractivity contribution in [2.75, 3.05) is 19.7 Å². The Morgan fingerprint density at radius 3 is 2.21 bits per heavy atom. The van der Waals surface area contributed by atoms with E-state index in [-0.39, 0.29) is 62.0 Å². The highest BCUT2D eigenvalue weighted by molar-refractivity contribution is 5.92. The van der Waals surface area contributed by atoms with Crippen LogP contribution in [0.4, 0.5) is 0 Å². The van der Waals surface area contributed by atoms with E-state index < -0.39 is 42.0 Å². The first-order chi connectivity index (χ1) is 26.8. The Morgan fingerprint density at radius 2 is 1.54 bits per heavy atom. The summed E-state index contributed by atoms with van der Waals surface area (Å²) in [6.07, 6.45) is 5.19. The Kier molecular flexibility index (Phi) is 17.6. The second-order valence-electron chi connectivity index (χ2n) is 16.4. The molecule has 13 heteroatoms. The van der Waals surface area contributed by atoms with Crippen molar-refractivity contribution in [1.82, 2.24) is 26.6 Å². The van der Waals surface area contributed by atoms with Crippen LogP contribution in [-0.4, -0.2) is 83.7 Å². The number of hydrogen-bond donors (Lipinski definition) is 7. The third kappa shape index (κ3) is 14.9. The number of carbonyl (C=O) groups excluding carboxylic acids is 4. The topological polar surface area (TPSA) is 195 Å². The van der Waals surface area contributed by atoms with E-state index in [9.17, 15) is 29.1 Å². The zero-order valence-electron chi connectivity index (χ0n) is 33.5. The molecule has 2 aromatic rings. The third-order valence-corrected chi connectivity index (χ3v) is 10.5. The van der Waals surface area contributed by atoms with E-state index in [4.69, 9.17) is 9.84 Å². The molecule has 1 heterocycles. The molecule has 1 aliphatic heterocycles. The Hall–Kier alpha value is -4.49. The molecule has 1 unspecified atom stereocenters. The molecule has 56 heavy (non-hydrogen) atoms. The molecular weight excluding hydrogens is 714 g/mol. The van der Waals surface area contributed by atoms with Crippen LogP contribution in [0.1, 0.15) is 108 Å². The quantitative estimate of drug-likeness (QED) is 0.0927. The maximum atomic E-state index is 14.1. The lowest BCUT2D eigenvalue weighted by atomic mass is 9.83. The number of carbonyl (C=O) groups is 5. The summed E-state index contributed by atoms with van der Waals surface area (Å²) in [5.41, 5.74) is 2.53. The van der Waals surface area contributed by atoms with Crippen molar-refractivity contribution in [1.29, 1.82) is 0 Å². The van der Waals surface area contributed by atoms with Crippen molar-refractivity contribution >= 4 is 29.6 Å². The van der Waals surface area contributed by atoms with Crippen molar-refractivity contribution in [3.63, 3.8) is 0 Å². The molecule has 308 valence electrons. The molecule has 0 radical (unpaired) electrons. The molecule has 13 nitrogen and oxygen atoms in total. The summed E-state index contributed by atoms with van der Waals surface area (Å²) in [5, 5.41) is 34.9. The molecule has 5 atom stereocenters. The molecule has 2 aliphatic rings. The minimum absolute atomic E-state index is 0.0309. The number of ether oxygens (including phenoxy) is 1. The largest absolute Gasteiger partial charge is 0.493 e. The van der Waals surface area contributed by atoms with Crippen LogP contribution in [0.2, 0.25) is 0 Å². The van der Waals surface area contributed by atoms with Crippen molar-refractivity contribution in [2.24, 2.45) is 17.8 Å². The second kappa shape index (κ2) is 22.3. The number of amides is 4. The average molecular weight is 778 g/mol.